The van der Waals surface area contributed by atoms with E-state index >= 15 is 0 Å². The molecule has 148 valence electrons. The molecule has 2 atom stereocenters. The van der Waals surface area contributed by atoms with Crippen LogP contribution >= 0.6 is 0 Å². The number of hydrogen-bond acceptors (Lipinski definition) is 5. The maximum absolute atomic E-state index is 13.5. The van der Waals surface area contributed by atoms with E-state index in [1.165, 1.54) is 6.20 Å². The highest BCUT2D eigenvalue weighted by atomic mass is 19.3. The first-order chi connectivity index (χ1) is 13.4. The van der Waals surface area contributed by atoms with Gasteiger partial charge in [0.15, 0.2) is 5.65 Å². The van der Waals surface area contributed by atoms with Crippen molar-refractivity contribution in [3.8, 4) is 0 Å². The summed E-state index contributed by atoms with van der Waals surface area (Å²) in [6.07, 6.45) is 3.65. The fourth-order valence-corrected chi connectivity index (χ4v) is 4.39. The predicted octanol–water partition coefficient (Wildman–Crippen LogP) is 3.83. The predicted molar refractivity (Wildman–Crippen MR) is 96.6 cm³/mol. The molecule has 0 saturated heterocycles. The molecule has 2 aliphatic carbocycles. The molecule has 0 aromatic carbocycles. The molecule has 3 aromatic rings. The third-order valence-corrected chi connectivity index (χ3v) is 6.15. The van der Waals surface area contributed by atoms with Crippen LogP contribution in [-0.2, 0) is 0 Å². The van der Waals surface area contributed by atoms with E-state index in [9.17, 15) is 13.6 Å². The van der Waals surface area contributed by atoms with E-state index in [0.29, 0.717) is 29.7 Å². The van der Waals surface area contributed by atoms with Gasteiger partial charge in [-0.15, -0.1) is 0 Å². The molecule has 3 heterocycles. The van der Waals surface area contributed by atoms with E-state index in [4.69, 9.17) is 9.51 Å². The van der Waals surface area contributed by atoms with Crippen molar-refractivity contribution in [1.29, 1.82) is 0 Å². The van der Waals surface area contributed by atoms with Gasteiger partial charge in [0, 0.05) is 30.7 Å². The van der Waals surface area contributed by atoms with Crippen molar-refractivity contribution >= 4 is 11.0 Å². The van der Waals surface area contributed by atoms with Crippen molar-refractivity contribution in [3.63, 3.8) is 0 Å². The molecule has 0 radical (unpaired) electrons. The summed E-state index contributed by atoms with van der Waals surface area (Å²) in [5, 5.41) is 8.66. The van der Waals surface area contributed by atoms with Crippen molar-refractivity contribution in [3.05, 3.63) is 39.9 Å². The number of aromatic amines is 1. The third kappa shape index (κ3) is 2.84. The lowest BCUT2D eigenvalue weighted by Gasteiger charge is -2.33. The SMILES string of the molecule is Cc1cc([C@H]2CC[C@H]2c2nc3c(cnn3C3CCC(F)(F)CC3)c(=O)[nH]2)on1. The molecule has 28 heavy (non-hydrogen) atoms. The highest BCUT2D eigenvalue weighted by Crippen LogP contribution is 2.48. The van der Waals surface area contributed by atoms with Crippen LogP contribution in [0.2, 0.25) is 0 Å². The van der Waals surface area contributed by atoms with E-state index < -0.39 is 5.92 Å². The standard InChI is InChI=1S/C19H21F2N5O2/c1-10-8-15(28-25-10)12-2-3-13(12)16-23-17-14(18(27)24-16)9-22-26(17)11-4-6-19(20,21)7-5-11/h8-9,11-13H,2-7H2,1H3,(H,23,24,27)/t12-,13+/m0/s1. The molecule has 2 saturated carbocycles. The number of rotatable bonds is 3. The van der Waals surface area contributed by atoms with Gasteiger partial charge in [0.1, 0.15) is 17.0 Å². The summed E-state index contributed by atoms with van der Waals surface area (Å²) < 4.78 is 34.1. The summed E-state index contributed by atoms with van der Waals surface area (Å²) in [4.78, 5) is 20.2. The number of nitrogens with one attached hydrogen (secondary N) is 1. The molecule has 3 aromatic heterocycles. The Balaban J connectivity index is 1.49. The number of nitrogens with zero attached hydrogens (tertiary/aromatic N) is 4. The minimum absolute atomic E-state index is 0.0449. The van der Waals surface area contributed by atoms with Crippen LogP contribution < -0.4 is 5.56 Å². The van der Waals surface area contributed by atoms with Gasteiger partial charge in [0.25, 0.3) is 5.56 Å². The first kappa shape index (κ1) is 17.5. The second kappa shape index (κ2) is 6.22. The van der Waals surface area contributed by atoms with Gasteiger partial charge in [-0.3, -0.25) is 4.79 Å². The lowest BCUT2D eigenvalue weighted by atomic mass is 9.71. The van der Waals surface area contributed by atoms with Crippen LogP contribution in [0.3, 0.4) is 0 Å². The molecular formula is C19H21F2N5O2. The molecule has 0 spiro atoms. The fraction of sp³-hybridized carbons (Fsp3) is 0.579. The van der Waals surface area contributed by atoms with Gasteiger partial charge in [0.05, 0.1) is 17.9 Å². The maximum atomic E-state index is 13.5. The fourth-order valence-electron chi connectivity index (χ4n) is 4.39. The highest BCUT2D eigenvalue weighted by Gasteiger charge is 2.39. The highest BCUT2D eigenvalue weighted by molar-refractivity contribution is 5.73. The molecule has 0 bridgehead atoms. The van der Waals surface area contributed by atoms with E-state index in [2.05, 4.69) is 15.2 Å². The van der Waals surface area contributed by atoms with Crippen LogP contribution in [0.25, 0.3) is 11.0 Å². The Morgan fingerprint density at radius 2 is 1.96 bits per heavy atom. The Bertz CT molecular complexity index is 1080. The first-order valence-electron chi connectivity index (χ1n) is 9.70. The number of fused-ring (bicyclic) bond motifs is 1. The summed E-state index contributed by atoms with van der Waals surface area (Å²) in [7, 11) is 0. The van der Waals surface area contributed by atoms with Crippen LogP contribution in [-0.4, -0.2) is 30.8 Å². The normalized spacial score (nSPS) is 25.1. The molecule has 0 amide bonds. The molecule has 9 heteroatoms. The average molecular weight is 389 g/mol. The minimum atomic E-state index is -2.61. The van der Waals surface area contributed by atoms with Crippen molar-refractivity contribution in [2.45, 2.75) is 69.2 Å². The monoisotopic (exact) mass is 389 g/mol. The van der Waals surface area contributed by atoms with Crippen LogP contribution in [0, 0.1) is 6.92 Å². The summed E-state index contributed by atoms with van der Waals surface area (Å²) in [6.45, 7) is 1.87. The van der Waals surface area contributed by atoms with Crippen LogP contribution in [0.1, 0.15) is 73.7 Å². The van der Waals surface area contributed by atoms with E-state index in [1.54, 1.807) is 4.68 Å². The van der Waals surface area contributed by atoms with Gasteiger partial charge >= 0.3 is 0 Å². The molecule has 0 aliphatic heterocycles. The average Bonchev–Trinajstić information content (AvgIpc) is 3.21. The van der Waals surface area contributed by atoms with Gasteiger partial charge in [-0.1, -0.05) is 5.16 Å². The summed E-state index contributed by atoms with van der Waals surface area (Å²) in [5.41, 5.74) is 1.06. The second-order valence-corrected chi connectivity index (χ2v) is 8.03. The zero-order valence-electron chi connectivity index (χ0n) is 15.5. The number of alkyl halides is 2. The van der Waals surface area contributed by atoms with Gasteiger partial charge in [-0.05, 0) is 32.6 Å². The molecule has 7 nitrogen and oxygen atoms in total. The molecule has 1 N–H and O–H groups in total. The van der Waals surface area contributed by atoms with Crippen molar-refractivity contribution < 1.29 is 13.3 Å². The molecule has 2 fully saturated rings. The Hall–Kier alpha value is -2.58. The summed E-state index contributed by atoms with van der Waals surface area (Å²) >= 11 is 0. The summed E-state index contributed by atoms with van der Waals surface area (Å²) in [6, 6.07) is 1.76. The van der Waals surface area contributed by atoms with Crippen molar-refractivity contribution in [1.82, 2.24) is 24.9 Å². The third-order valence-electron chi connectivity index (χ3n) is 6.15. The second-order valence-electron chi connectivity index (χ2n) is 8.03. The molecule has 5 rings (SSSR count). The van der Waals surface area contributed by atoms with Gasteiger partial charge < -0.3 is 9.51 Å². The van der Waals surface area contributed by atoms with Gasteiger partial charge in [-0.2, -0.15) is 5.10 Å². The number of hydrogen-bond donors (Lipinski definition) is 1. The Labute approximate surface area is 159 Å². The van der Waals surface area contributed by atoms with Crippen LogP contribution in [0.5, 0.6) is 0 Å². The molecule has 0 unspecified atom stereocenters. The lowest BCUT2D eigenvalue weighted by molar-refractivity contribution is -0.0446. The van der Waals surface area contributed by atoms with Gasteiger partial charge in [0.2, 0.25) is 5.92 Å². The zero-order valence-corrected chi connectivity index (χ0v) is 15.5. The van der Waals surface area contributed by atoms with E-state index in [1.807, 2.05) is 13.0 Å². The molecular weight excluding hydrogens is 368 g/mol. The van der Waals surface area contributed by atoms with Crippen LogP contribution in [0.4, 0.5) is 8.78 Å². The van der Waals surface area contributed by atoms with Crippen LogP contribution in [0.15, 0.2) is 21.6 Å². The Morgan fingerprint density at radius 3 is 2.61 bits per heavy atom. The topological polar surface area (TPSA) is 89.6 Å². The van der Waals surface area contributed by atoms with E-state index in [0.717, 1.165) is 24.3 Å². The number of halogens is 2. The largest absolute Gasteiger partial charge is 0.361 e. The smallest absolute Gasteiger partial charge is 0.262 e. The van der Waals surface area contributed by atoms with E-state index in [-0.39, 0.29) is 36.3 Å². The lowest BCUT2D eigenvalue weighted by Crippen LogP contribution is -2.28. The Kier molecular flexibility index (Phi) is 3.89. The molecule has 2 aliphatic rings. The number of H-pyrrole nitrogens is 1. The zero-order chi connectivity index (χ0) is 19.5. The summed E-state index contributed by atoms with van der Waals surface area (Å²) in [5.74, 6) is -1.02. The quantitative estimate of drug-likeness (QED) is 0.735. The Morgan fingerprint density at radius 1 is 1.21 bits per heavy atom. The number of aromatic nitrogens is 5. The maximum Gasteiger partial charge on any atom is 0.262 e. The van der Waals surface area contributed by atoms with Gasteiger partial charge in [-0.25, -0.2) is 18.4 Å². The van der Waals surface area contributed by atoms with Crippen molar-refractivity contribution in [2.24, 2.45) is 0 Å². The minimum Gasteiger partial charge on any atom is -0.361 e. The van der Waals surface area contributed by atoms with Crippen molar-refractivity contribution in [2.75, 3.05) is 0 Å². The first-order valence-corrected chi connectivity index (χ1v) is 9.70. The number of aryl methyl sites for hydroxylation is 1.